The van der Waals surface area contributed by atoms with Crippen molar-refractivity contribution in [3.8, 4) is 0 Å². The summed E-state index contributed by atoms with van der Waals surface area (Å²) in [6, 6.07) is 13.9. The van der Waals surface area contributed by atoms with Gasteiger partial charge in [-0.25, -0.2) is 4.39 Å². The molecule has 0 saturated carbocycles. The molecule has 2 aromatic carbocycles. The Morgan fingerprint density at radius 2 is 1.76 bits per heavy atom. The molecule has 0 amide bonds. The summed E-state index contributed by atoms with van der Waals surface area (Å²) < 4.78 is 16.8. The van der Waals surface area contributed by atoms with E-state index >= 15 is 0 Å². The lowest BCUT2D eigenvalue weighted by Crippen LogP contribution is -2.33. The van der Waals surface area contributed by atoms with E-state index in [-0.39, 0.29) is 11.7 Å². The number of rotatable bonds is 8. The summed E-state index contributed by atoms with van der Waals surface area (Å²) in [6.07, 6.45) is 6.70. The Balaban J connectivity index is 1.19. The summed E-state index contributed by atoms with van der Waals surface area (Å²) in [5.74, 6) is 0.108. The van der Waals surface area contributed by atoms with E-state index in [2.05, 4.69) is 45.0 Å². The summed E-state index contributed by atoms with van der Waals surface area (Å²) in [4.78, 5) is 8.78. The molecule has 2 fully saturated rings. The normalized spacial score (nSPS) is 18.5. The second-order valence-electron chi connectivity index (χ2n) is 9.45. The zero-order valence-electron chi connectivity index (χ0n) is 19.4. The van der Waals surface area contributed by atoms with Crippen LogP contribution in [0.1, 0.15) is 48.3 Å². The number of hydroxylamine groups is 2. The van der Waals surface area contributed by atoms with Crippen LogP contribution in [0.2, 0.25) is 0 Å². The van der Waals surface area contributed by atoms with E-state index in [1.807, 2.05) is 6.07 Å². The molecule has 2 aliphatic heterocycles. The van der Waals surface area contributed by atoms with Crippen molar-refractivity contribution in [1.29, 1.82) is 0 Å². The van der Waals surface area contributed by atoms with Crippen molar-refractivity contribution in [3.63, 3.8) is 0 Å². The molecule has 2 N–H and O–H groups in total. The van der Waals surface area contributed by atoms with E-state index in [0.29, 0.717) is 13.2 Å². The Labute approximate surface area is 195 Å². The third-order valence-corrected chi connectivity index (χ3v) is 7.32. The van der Waals surface area contributed by atoms with E-state index < -0.39 is 0 Å². The van der Waals surface area contributed by atoms with Crippen LogP contribution in [0.25, 0.3) is 10.9 Å². The zero-order chi connectivity index (χ0) is 22.6. The highest BCUT2D eigenvalue weighted by molar-refractivity contribution is 5.83. The molecule has 0 bridgehead atoms. The van der Waals surface area contributed by atoms with E-state index in [1.165, 1.54) is 42.4 Å². The number of halogens is 1. The second kappa shape index (κ2) is 10.3. The van der Waals surface area contributed by atoms with Gasteiger partial charge in [0, 0.05) is 55.4 Å². The molecule has 2 aliphatic rings. The summed E-state index contributed by atoms with van der Waals surface area (Å²) in [7, 11) is 0. The fourth-order valence-electron chi connectivity index (χ4n) is 5.37. The lowest BCUT2D eigenvalue weighted by molar-refractivity contribution is -0.180. The molecule has 5 rings (SSSR count). The summed E-state index contributed by atoms with van der Waals surface area (Å²) in [5.41, 5.74) is 10.1. The van der Waals surface area contributed by atoms with Gasteiger partial charge in [-0.05, 0) is 68.0 Å². The maximum Gasteiger partial charge on any atom is 0.126 e. The van der Waals surface area contributed by atoms with Crippen molar-refractivity contribution in [2.75, 3.05) is 32.7 Å². The number of likely N-dealkylation sites (tertiary alicyclic amines) is 1. The van der Waals surface area contributed by atoms with Crippen LogP contribution < -0.4 is 5.73 Å². The largest absolute Gasteiger partial charge is 0.346 e. The first kappa shape index (κ1) is 22.5. The van der Waals surface area contributed by atoms with Gasteiger partial charge in [0.05, 0.1) is 6.61 Å². The molecule has 5 nitrogen and oxygen atoms in total. The van der Waals surface area contributed by atoms with E-state index in [9.17, 15) is 4.39 Å². The Morgan fingerprint density at radius 3 is 2.55 bits per heavy atom. The Morgan fingerprint density at radius 1 is 0.970 bits per heavy atom. The molecule has 1 aromatic heterocycles. The number of hydrogen-bond donors (Lipinski definition) is 1. The Hall–Kier alpha value is -2.25. The van der Waals surface area contributed by atoms with E-state index in [4.69, 9.17) is 10.6 Å². The summed E-state index contributed by atoms with van der Waals surface area (Å²) in [5, 5.41) is 3.33. The maximum absolute atomic E-state index is 14.4. The fraction of sp³-hybridized carbons (Fsp3) is 0.481. The highest BCUT2D eigenvalue weighted by Gasteiger charge is 2.24. The smallest absolute Gasteiger partial charge is 0.126 e. The molecule has 0 radical (unpaired) electrons. The van der Waals surface area contributed by atoms with Gasteiger partial charge in [-0.1, -0.05) is 30.3 Å². The molecule has 176 valence electrons. The van der Waals surface area contributed by atoms with Gasteiger partial charge in [-0.2, -0.15) is 5.06 Å². The van der Waals surface area contributed by atoms with E-state index in [0.717, 1.165) is 50.1 Å². The van der Waals surface area contributed by atoms with Crippen LogP contribution in [0.5, 0.6) is 0 Å². The van der Waals surface area contributed by atoms with Gasteiger partial charge in [0.15, 0.2) is 0 Å². The monoisotopic (exact) mass is 450 g/mol. The van der Waals surface area contributed by atoms with Crippen LogP contribution in [0, 0.1) is 5.82 Å². The number of benzene rings is 2. The SMILES string of the molecule is NCc1ccc(F)c(C2CCN(OCc3cn(CCN4CCCC4)c4ccccc34)CC2)c1. The number of nitrogens with two attached hydrogens (primary N) is 1. The predicted molar refractivity (Wildman–Crippen MR) is 130 cm³/mol. The number of hydrogen-bond acceptors (Lipinski definition) is 4. The summed E-state index contributed by atoms with van der Waals surface area (Å²) in [6.45, 7) is 7.21. The van der Waals surface area contributed by atoms with Crippen molar-refractivity contribution in [2.24, 2.45) is 5.73 Å². The Bertz CT molecular complexity index is 1070. The minimum atomic E-state index is -0.117. The van der Waals surface area contributed by atoms with Crippen molar-refractivity contribution in [3.05, 3.63) is 71.2 Å². The molecule has 33 heavy (non-hydrogen) atoms. The third-order valence-electron chi connectivity index (χ3n) is 7.32. The second-order valence-corrected chi connectivity index (χ2v) is 9.45. The van der Waals surface area contributed by atoms with Gasteiger partial charge >= 0.3 is 0 Å². The minimum Gasteiger partial charge on any atom is -0.346 e. The molecular formula is C27H35FN4O. The highest BCUT2D eigenvalue weighted by Crippen LogP contribution is 2.31. The van der Waals surface area contributed by atoms with Gasteiger partial charge in [-0.3, -0.25) is 4.84 Å². The van der Waals surface area contributed by atoms with Gasteiger partial charge in [0.1, 0.15) is 5.82 Å². The first-order valence-electron chi connectivity index (χ1n) is 12.4. The van der Waals surface area contributed by atoms with Crippen LogP contribution in [-0.4, -0.2) is 47.3 Å². The number of fused-ring (bicyclic) bond motifs is 1. The Kier molecular flexibility index (Phi) is 7.07. The van der Waals surface area contributed by atoms with Crippen LogP contribution in [0.4, 0.5) is 4.39 Å². The number of nitrogens with zero attached hydrogens (tertiary/aromatic N) is 3. The third kappa shape index (κ3) is 5.14. The molecule has 3 aromatic rings. The van der Waals surface area contributed by atoms with Gasteiger partial charge < -0.3 is 15.2 Å². The minimum absolute atomic E-state index is 0.117. The quantitative estimate of drug-likeness (QED) is 0.543. The van der Waals surface area contributed by atoms with Crippen LogP contribution in [0.3, 0.4) is 0 Å². The molecule has 0 aliphatic carbocycles. The molecule has 0 atom stereocenters. The highest BCUT2D eigenvalue weighted by atomic mass is 19.1. The topological polar surface area (TPSA) is 46.7 Å². The number of para-hydroxylation sites is 1. The molecular weight excluding hydrogens is 415 g/mol. The first-order valence-corrected chi connectivity index (χ1v) is 12.4. The number of aromatic nitrogens is 1. The van der Waals surface area contributed by atoms with Crippen LogP contribution >= 0.6 is 0 Å². The lowest BCUT2D eigenvalue weighted by atomic mass is 9.89. The summed E-state index contributed by atoms with van der Waals surface area (Å²) >= 11 is 0. The van der Waals surface area contributed by atoms with Crippen molar-refractivity contribution >= 4 is 10.9 Å². The first-order chi connectivity index (χ1) is 16.2. The van der Waals surface area contributed by atoms with Crippen LogP contribution in [-0.2, 0) is 24.5 Å². The molecule has 0 spiro atoms. The van der Waals surface area contributed by atoms with Crippen molar-refractivity contribution in [2.45, 2.75) is 51.3 Å². The molecule has 6 heteroatoms. The molecule has 2 saturated heterocycles. The molecule has 3 heterocycles. The molecule has 0 unspecified atom stereocenters. The van der Waals surface area contributed by atoms with Crippen molar-refractivity contribution < 1.29 is 9.23 Å². The standard InChI is InChI=1S/C27H35FN4O/c28-26-8-7-21(18-29)17-25(26)22-9-13-32(14-10-22)33-20-23-19-31(16-15-30-11-3-4-12-30)27-6-2-1-5-24(23)27/h1-2,5-8,17,19,22H,3-4,9-16,18,20,29H2. The van der Waals surface area contributed by atoms with Crippen LogP contribution in [0.15, 0.2) is 48.7 Å². The maximum atomic E-state index is 14.4. The van der Waals surface area contributed by atoms with E-state index in [1.54, 1.807) is 12.1 Å². The average molecular weight is 451 g/mol. The average Bonchev–Trinajstić information content (AvgIpc) is 3.50. The van der Waals surface area contributed by atoms with Gasteiger partial charge in [0.25, 0.3) is 0 Å². The number of piperidine rings is 1. The van der Waals surface area contributed by atoms with Gasteiger partial charge in [0.2, 0.25) is 0 Å². The lowest BCUT2D eigenvalue weighted by Gasteiger charge is -2.31. The van der Waals surface area contributed by atoms with Crippen molar-refractivity contribution in [1.82, 2.24) is 14.5 Å². The predicted octanol–water partition coefficient (Wildman–Crippen LogP) is 4.65. The van der Waals surface area contributed by atoms with Gasteiger partial charge in [-0.15, -0.1) is 0 Å². The zero-order valence-corrected chi connectivity index (χ0v) is 19.4. The fourth-order valence-corrected chi connectivity index (χ4v) is 5.37.